The molecule has 0 aliphatic carbocycles. The first kappa shape index (κ1) is 18.9. The minimum absolute atomic E-state index is 0.145. The lowest BCUT2D eigenvalue weighted by Gasteiger charge is -2.13. The zero-order chi connectivity index (χ0) is 19.1. The van der Waals surface area contributed by atoms with E-state index in [1.165, 1.54) is 16.7 Å². The zero-order valence-corrected chi connectivity index (χ0v) is 16.4. The first-order valence-corrected chi connectivity index (χ1v) is 9.67. The van der Waals surface area contributed by atoms with Gasteiger partial charge in [-0.1, -0.05) is 50.2 Å². The van der Waals surface area contributed by atoms with E-state index in [-0.39, 0.29) is 6.04 Å². The van der Waals surface area contributed by atoms with Gasteiger partial charge in [0.15, 0.2) is 0 Å². The zero-order valence-electron chi connectivity index (χ0n) is 16.4. The lowest BCUT2D eigenvalue weighted by atomic mass is 9.96. The third kappa shape index (κ3) is 5.07. The normalized spacial score (nSPS) is 12.3. The van der Waals surface area contributed by atoms with Gasteiger partial charge in [0.2, 0.25) is 0 Å². The van der Waals surface area contributed by atoms with Crippen molar-refractivity contribution in [1.29, 1.82) is 0 Å². The summed E-state index contributed by atoms with van der Waals surface area (Å²) < 4.78 is 5.84. The Bertz CT molecular complexity index is 882. The van der Waals surface area contributed by atoms with E-state index < -0.39 is 0 Å². The smallest absolute Gasteiger partial charge is 0.127 e. The second-order valence-electron chi connectivity index (χ2n) is 6.68. The van der Waals surface area contributed by atoms with Crippen LogP contribution in [0.15, 0.2) is 77.8 Å². The molecule has 0 aromatic heterocycles. The van der Waals surface area contributed by atoms with Crippen molar-refractivity contribution in [1.82, 2.24) is 0 Å². The molecule has 0 saturated carbocycles. The van der Waals surface area contributed by atoms with Crippen LogP contribution in [0.5, 0.6) is 11.5 Å². The van der Waals surface area contributed by atoms with E-state index in [2.05, 4.69) is 39.0 Å². The van der Waals surface area contributed by atoms with Crippen LogP contribution >= 0.6 is 0 Å². The molecule has 0 radical (unpaired) electrons. The first-order valence-electron chi connectivity index (χ1n) is 9.67. The highest BCUT2D eigenvalue weighted by atomic mass is 16.5. The molecule has 2 nitrogen and oxygen atoms in total. The minimum Gasteiger partial charge on any atom is -0.457 e. The summed E-state index contributed by atoms with van der Waals surface area (Å²) in [4.78, 5) is 4.78. The lowest BCUT2D eigenvalue weighted by molar-refractivity contribution is 0.482. The van der Waals surface area contributed by atoms with Gasteiger partial charge in [-0.05, 0) is 78.4 Å². The van der Waals surface area contributed by atoms with Gasteiger partial charge in [0.05, 0.1) is 6.04 Å². The van der Waals surface area contributed by atoms with Crippen LogP contribution in [0.3, 0.4) is 0 Å². The monoisotopic (exact) mass is 357 g/mol. The maximum atomic E-state index is 5.84. The summed E-state index contributed by atoms with van der Waals surface area (Å²) >= 11 is 0. The molecule has 3 aromatic carbocycles. The standard InChI is InChI=1S/C25H27NO/c1-4-20-13-16-25(22(5-2)17-20)19(3)26-18-21-11-14-24(15-12-21)27-23-9-7-6-8-10-23/h6-19H,4-5H2,1-3H3/b26-18+. The van der Waals surface area contributed by atoms with Gasteiger partial charge < -0.3 is 4.74 Å². The van der Waals surface area contributed by atoms with Gasteiger partial charge in [0, 0.05) is 6.21 Å². The van der Waals surface area contributed by atoms with Crippen molar-refractivity contribution in [2.75, 3.05) is 0 Å². The average molecular weight is 357 g/mol. The second-order valence-corrected chi connectivity index (χ2v) is 6.68. The fraction of sp³-hybridized carbons (Fsp3) is 0.240. The fourth-order valence-electron chi connectivity index (χ4n) is 3.12. The van der Waals surface area contributed by atoms with Crippen LogP contribution in [0.4, 0.5) is 0 Å². The van der Waals surface area contributed by atoms with Crippen LogP contribution in [-0.4, -0.2) is 6.21 Å². The van der Waals surface area contributed by atoms with Gasteiger partial charge >= 0.3 is 0 Å². The van der Waals surface area contributed by atoms with Crippen molar-refractivity contribution in [3.8, 4) is 11.5 Å². The molecule has 138 valence electrons. The van der Waals surface area contributed by atoms with Crippen LogP contribution in [0, 0.1) is 0 Å². The summed E-state index contributed by atoms with van der Waals surface area (Å²) in [6.45, 7) is 6.56. The summed E-state index contributed by atoms with van der Waals surface area (Å²) in [7, 11) is 0. The number of hydrogen-bond acceptors (Lipinski definition) is 2. The van der Waals surface area contributed by atoms with Crippen molar-refractivity contribution in [3.05, 3.63) is 95.1 Å². The Balaban J connectivity index is 1.68. The Morgan fingerprint density at radius 3 is 2.22 bits per heavy atom. The van der Waals surface area contributed by atoms with E-state index in [1.807, 2.05) is 60.8 Å². The first-order chi connectivity index (χ1) is 13.2. The lowest BCUT2D eigenvalue weighted by Crippen LogP contribution is -1.99. The van der Waals surface area contributed by atoms with E-state index in [1.54, 1.807) is 0 Å². The number of rotatable bonds is 7. The number of nitrogens with zero attached hydrogens (tertiary/aromatic N) is 1. The molecule has 1 unspecified atom stereocenters. The largest absolute Gasteiger partial charge is 0.457 e. The van der Waals surface area contributed by atoms with E-state index in [9.17, 15) is 0 Å². The second kappa shape index (κ2) is 9.18. The van der Waals surface area contributed by atoms with Gasteiger partial charge in [-0.3, -0.25) is 4.99 Å². The van der Waals surface area contributed by atoms with Gasteiger partial charge in [-0.15, -0.1) is 0 Å². The van der Waals surface area contributed by atoms with Crippen LogP contribution in [0.2, 0.25) is 0 Å². The number of aryl methyl sites for hydroxylation is 2. The molecule has 2 heteroatoms. The molecule has 0 fully saturated rings. The number of benzene rings is 3. The van der Waals surface area contributed by atoms with Crippen molar-refractivity contribution in [2.24, 2.45) is 4.99 Å². The van der Waals surface area contributed by atoms with E-state index in [4.69, 9.17) is 9.73 Å². The molecule has 0 amide bonds. The van der Waals surface area contributed by atoms with Gasteiger partial charge in [-0.25, -0.2) is 0 Å². The van der Waals surface area contributed by atoms with Crippen LogP contribution in [0.1, 0.15) is 49.1 Å². The van der Waals surface area contributed by atoms with Crippen molar-refractivity contribution >= 4 is 6.21 Å². The maximum absolute atomic E-state index is 5.84. The fourth-order valence-corrected chi connectivity index (χ4v) is 3.12. The summed E-state index contributed by atoms with van der Waals surface area (Å²) in [5, 5.41) is 0. The van der Waals surface area contributed by atoms with Gasteiger partial charge in [0.1, 0.15) is 11.5 Å². The molecule has 0 bridgehead atoms. The molecule has 0 N–H and O–H groups in total. The molecule has 3 aromatic rings. The van der Waals surface area contributed by atoms with Gasteiger partial charge in [-0.2, -0.15) is 0 Å². The summed E-state index contributed by atoms with van der Waals surface area (Å²) in [6.07, 6.45) is 4.06. The minimum atomic E-state index is 0.145. The van der Waals surface area contributed by atoms with Crippen LogP contribution in [0.25, 0.3) is 0 Å². The predicted octanol–water partition coefficient (Wildman–Crippen LogP) is 6.78. The van der Waals surface area contributed by atoms with Crippen molar-refractivity contribution in [2.45, 2.75) is 39.7 Å². The molecular formula is C25H27NO. The Hall–Kier alpha value is -2.87. The number of aliphatic imine (C=N–C) groups is 1. The average Bonchev–Trinajstić information content (AvgIpc) is 2.73. The molecule has 0 spiro atoms. The summed E-state index contributed by atoms with van der Waals surface area (Å²) in [5.41, 5.74) is 5.17. The predicted molar refractivity (Wildman–Crippen MR) is 114 cm³/mol. The molecule has 27 heavy (non-hydrogen) atoms. The highest BCUT2D eigenvalue weighted by molar-refractivity contribution is 5.80. The van der Waals surface area contributed by atoms with Gasteiger partial charge in [0.25, 0.3) is 0 Å². The van der Waals surface area contributed by atoms with E-state index in [0.29, 0.717) is 0 Å². The van der Waals surface area contributed by atoms with Crippen molar-refractivity contribution < 1.29 is 4.74 Å². The molecule has 0 aliphatic rings. The van der Waals surface area contributed by atoms with Crippen LogP contribution < -0.4 is 4.74 Å². The molecular weight excluding hydrogens is 330 g/mol. The SMILES string of the molecule is CCc1ccc(C(C)/N=C/c2ccc(Oc3ccccc3)cc2)c(CC)c1. The number of ether oxygens (including phenoxy) is 1. The van der Waals surface area contributed by atoms with E-state index >= 15 is 0 Å². The van der Waals surface area contributed by atoms with Crippen LogP contribution in [-0.2, 0) is 12.8 Å². The van der Waals surface area contributed by atoms with E-state index in [0.717, 1.165) is 29.9 Å². The quantitative estimate of drug-likeness (QED) is 0.427. The summed E-state index contributed by atoms with van der Waals surface area (Å²) in [5.74, 6) is 1.67. The van der Waals surface area contributed by atoms with Crippen molar-refractivity contribution in [3.63, 3.8) is 0 Å². The molecule has 1 atom stereocenters. The topological polar surface area (TPSA) is 21.6 Å². The molecule has 3 rings (SSSR count). The molecule has 0 aliphatic heterocycles. The summed E-state index contributed by atoms with van der Waals surface area (Å²) in [6, 6.07) is 24.8. The third-order valence-electron chi connectivity index (χ3n) is 4.75. The Morgan fingerprint density at radius 2 is 1.56 bits per heavy atom. The maximum Gasteiger partial charge on any atom is 0.127 e. The highest BCUT2D eigenvalue weighted by Gasteiger charge is 2.08. The highest BCUT2D eigenvalue weighted by Crippen LogP contribution is 2.24. The Labute approximate surface area is 162 Å². The molecule has 0 saturated heterocycles. The molecule has 0 heterocycles. The Morgan fingerprint density at radius 1 is 0.852 bits per heavy atom. The number of hydrogen-bond donors (Lipinski definition) is 0. The third-order valence-corrected chi connectivity index (χ3v) is 4.75. The Kier molecular flexibility index (Phi) is 6.43. The number of para-hydroxylation sites is 1.